The van der Waals surface area contributed by atoms with E-state index >= 15 is 0 Å². The van der Waals surface area contributed by atoms with Crippen LogP contribution in [0.5, 0.6) is 0 Å². The maximum atomic E-state index is 13.2. The standard InChI is InChI=1S/C21H24N2O4/c1-3-13-11-23(12-24)17-10-14(13)18(19(25)26-2)20-8-9-27-21(17,20)22-16-7-5-4-6-15(16)20/h3-7,12,14,17-18,22H,8-11H2,1-2H3/b13-3-/t14-,17-,18-,20-,21?/m0/s1. The minimum Gasteiger partial charge on any atom is -0.469 e. The number of likely N-dealkylation sites (tertiary alicyclic amines) is 1. The monoisotopic (exact) mass is 368 g/mol. The van der Waals surface area contributed by atoms with Gasteiger partial charge in [-0.15, -0.1) is 0 Å². The van der Waals surface area contributed by atoms with Crippen LogP contribution in [0, 0.1) is 11.8 Å². The highest BCUT2D eigenvalue weighted by Crippen LogP contribution is 2.66. The van der Waals surface area contributed by atoms with E-state index in [9.17, 15) is 9.59 Å². The Bertz CT molecular complexity index is 852. The Morgan fingerprint density at radius 3 is 2.96 bits per heavy atom. The Labute approximate surface area is 158 Å². The van der Waals surface area contributed by atoms with Gasteiger partial charge in [-0.2, -0.15) is 0 Å². The molecule has 3 aliphatic heterocycles. The predicted octanol–water partition coefficient (Wildman–Crippen LogP) is 2.06. The predicted molar refractivity (Wildman–Crippen MR) is 99.0 cm³/mol. The molecule has 1 N–H and O–H groups in total. The second kappa shape index (κ2) is 5.58. The third kappa shape index (κ3) is 1.79. The van der Waals surface area contributed by atoms with Crippen molar-refractivity contribution >= 4 is 18.1 Å². The molecule has 0 spiro atoms. The number of amides is 1. The van der Waals surface area contributed by atoms with Crippen LogP contribution in [0.3, 0.4) is 0 Å². The first-order valence-corrected chi connectivity index (χ1v) is 9.58. The quantitative estimate of drug-likeness (QED) is 0.492. The van der Waals surface area contributed by atoms with Crippen molar-refractivity contribution in [3.05, 3.63) is 41.5 Å². The molecule has 4 aliphatic rings. The topological polar surface area (TPSA) is 67.9 Å². The van der Waals surface area contributed by atoms with Gasteiger partial charge in [-0.25, -0.2) is 0 Å². The van der Waals surface area contributed by atoms with Crippen LogP contribution < -0.4 is 5.32 Å². The highest BCUT2D eigenvalue weighted by molar-refractivity contribution is 5.81. The van der Waals surface area contributed by atoms with Gasteiger partial charge in [0.1, 0.15) is 0 Å². The van der Waals surface area contributed by atoms with E-state index in [2.05, 4.69) is 17.5 Å². The molecule has 27 heavy (non-hydrogen) atoms. The minimum absolute atomic E-state index is 0.0476. The van der Waals surface area contributed by atoms with Crippen LogP contribution in [0.2, 0.25) is 0 Å². The molecular weight excluding hydrogens is 344 g/mol. The SMILES string of the molecule is C/C=C1/CN(C=O)[C@H]2C[C@@H]1[C@@H](C(=O)OC)[C@@]13CCOC21Nc1ccccc13. The van der Waals surface area contributed by atoms with Crippen molar-refractivity contribution < 1.29 is 19.1 Å². The molecule has 1 aromatic rings. The third-order valence-corrected chi connectivity index (χ3v) is 7.30. The molecule has 3 heterocycles. The molecule has 6 nitrogen and oxygen atoms in total. The number of carbonyl (C=O) groups is 2. The molecule has 0 aromatic heterocycles. The lowest BCUT2D eigenvalue weighted by Crippen LogP contribution is -2.73. The molecule has 2 bridgehead atoms. The van der Waals surface area contributed by atoms with Crippen LogP contribution in [-0.2, 0) is 24.5 Å². The number of nitrogens with one attached hydrogen (secondary N) is 1. The Balaban J connectivity index is 1.80. The number of fused-ring (bicyclic) bond motifs is 3. The van der Waals surface area contributed by atoms with Crippen molar-refractivity contribution in [3.8, 4) is 0 Å². The van der Waals surface area contributed by atoms with E-state index < -0.39 is 11.1 Å². The fraction of sp³-hybridized carbons (Fsp3) is 0.524. The van der Waals surface area contributed by atoms with Gasteiger partial charge in [-0.1, -0.05) is 29.8 Å². The zero-order valence-electron chi connectivity index (χ0n) is 15.6. The van der Waals surface area contributed by atoms with Gasteiger partial charge in [0, 0.05) is 12.2 Å². The summed E-state index contributed by atoms with van der Waals surface area (Å²) in [5.41, 5.74) is 1.90. The highest BCUT2D eigenvalue weighted by atomic mass is 16.5. The first-order valence-electron chi connectivity index (χ1n) is 9.58. The lowest BCUT2D eigenvalue weighted by atomic mass is 9.51. The van der Waals surface area contributed by atoms with Gasteiger partial charge in [0.05, 0.1) is 31.1 Å². The van der Waals surface area contributed by atoms with Gasteiger partial charge >= 0.3 is 5.97 Å². The minimum atomic E-state index is -0.785. The van der Waals surface area contributed by atoms with Crippen LogP contribution in [0.25, 0.3) is 0 Å². The van der Waals surface area contributed by atoms with Crippen LogP contribution in [0.4, 0.5) is 5.69 Å². The number of nitrogens with zero attached hydrogens (tertiary/aromatic N) is 1. The number of anilines is 1. The van der Waals surface area contributed by atoms with Gasteiger partial charge in [-0.3, -0.25) is 9.59 Å². The molecule has 1 amide bonds. The summed E-state index contributed by atoms with van der Waals surface area (Å²) >= 11 is 0. The number of esters is 1. The van der Waals surface area contributed by atoms with E-state index in [4.69, 9.17) is 9.47 Å². The molecule has 5 rings (SSSR count). The summed E-state index contributed by atoms with van der Waals surface area (Å²) in [4.78, 5) is 27.0. The average Bonchev–Trinajstić information content (AvgIpc) is 3.21. The van der Waals surface area contributed by atoms with Crippen LogP contribution >= 0.6 is 0 Å². The number of rotatable bonds is 2. The number of hydrogen-bond donors (Lipinski definition) is 1. The molecular formula is C21H24N2O4. The van der Waals surface area contributed by atoms with Crippen molar-refractivity contribution in [1.29, 1.82) is 0 Å². The summed E-state index contributed by atoms with van der Waals surface area (Å²) < 4.78 is 11.7. The summed E-state index contributed by atoms with van der Waals surface area (Å²) in [6.07, 6.45) is 4.41. The molecule has 1 unspecified atom stereocenters. The molecule has 0 radical (unpaired) electrons. The summed E-state index contributed by atoms with van der Waals surface area (Å²) in [7, 11) is 1.46. The maximum absolute atomic E-state index is 13.2. The summed E-state index contributed by atoms with van der Waals surface area (Å²) in [6.45, 7) is 3.07. The number of methoxy groups -OCH3 is 1. The normalized spacial score (nSPS) is 40.0. The summed E-state index contributed by atoms with van der Waals surface area (Å²) in [6, 6.07) is 8.00. The lowest BCUT2D eigenvalue weighted by Gasteiger charge is -2.59. The van der Waals surface area contributed by atoms with E-state index in [1.54, 1.807) is 0 Å². The van der Waals surface area contributed by atoms with Gasteiger partial charge < -0.3 is 19.7 Å². The smallest absolute Gasteiger partial charge is 0.310 e. The van der Waals surface area contributed by atoms with E-state index in [1.165, 1.54) is 7.11 Å². The van der Waals surface area contributed by atoms with Crippen LogP contribution in [-0.4, -0.2) is 49.3 Å². The number of allylic oxidation sites excluding steroid dienone is 1. The fourth-order valence-electron chi connectivity index (χ4n) is 6.35. The largest absolute Gasteiger partial charge is 0.469 e. The number of para-hydroxylation sites is 1. The van der Waals surface area contributed by atoms with Crippen molar-refractivity contribution in [1.82, 2.24) is 4.90 Å². The lowest BCUT2D eigenvalue weighted by molar-refractivity contribution is -0.172. The molecule has 3 fully saturated rings. The molecule has 1 aliphatic carbocycles. The number of hydrogen-bond acceptors (Lipinski definition) is 5. The van der Waals surface area contributed by atoms with Gasteiger partial charge in [-0.05, 0) is 37.3 Å². The third-order valence-electron chi connectivity index (χ3n) is 7.30. The van der Waals surface area contributed by atoms with E-state index in [1.807, 2.05) is 30.0 Å². The van der Waals surface area contributed by atoms with E-state index in [0.29, 0.717) is 19.6 Å². The van der Waals surface area contributed by atoms with Gasteiger partial charge in [0.2, 0.25) is 6.41 Å². The van der Waals surface area contributed by atoms with E-state index in [-0.39, 0.29) is 23.8 Å². The van der Waals surface area contributed by atoms with Crippen molar-refractivity contribution in [2.45, 2.75) is 36.9 Å². The summed E-state index contributed by atoms with van der Waals surface area (Å²) in [5, 5.41) is 3.61. The van der Waals surface area contributed by atoms with Gasteiger partial charge in [0.15, 0.2) is 5.72 Å². The molecule has 1 aromatic carbocycles. The second-order valence-corrected chi connectivity index (χ2v) is 7.98. The average molecular weight is 368 g/mol. The van der Waals surface area contributed by atoms with Crippen LogP contribution in [0.15, 0.2) is 35.9 Å². The molecule has 142 valence electrons. The van der Waals surface area contributed by atoms with Crippen molar-refractivity contribution in [2.24, 2.45) is 11.8 Å². The zero-order chi connectivity index (χ0) is 18.8. The highest BCUT2D eigenvalue weighted by Gasteiger charge is 2.76. The zero-order valence-corrected chi connectivity index (χ0v) is 15.6. The van der Waals surface area contributed by atoms with Crippen LogP contribution in [0.1, 0.15) is 25.3 Å². The Morgan fingerprint density at radius 1 is 1.41 bits per heavy atom. The maximum Gasteiger partial charge on any atom is 0.310 e. The molecule has 6 heteroatoms. The first kappa shape index (κ1) is 16.8. The second-order valence-electron chi connectivity index (χ2n) is 7.98. The fourth-order valence-corrected chi connectivity index (χ4v) is 6.35. The number of ether oxygens (including phenoxy) is 2. The Morgan fingerprint density at radius 2 is 2.22 bits per heavy atom. The number of carbonyl (C=O) groups excluding carboxylic acids is 2. The Kier molecular flexibility index (Phi) is 3.47. The molecule has 2 saturated heterocycles. The summed E-state index contributed by atoms with van der Waals surface area (Å²) in [5.74, 6) is -0.477. The first-order chi connectivity index (χ1) is 13.1. The van der Waals surface area contributed by atoms with Gasteiger partial charge in [0.25, 0.3) is 0 Å². The number of benzene rings is 1. The number of piperidine rings is 1. The molecule has 1 saturated carbocycles. The van der Waals surface area contributed by atoms with E-state index in [0.717, 1.165) is 29.7 Å². The Hall–Kier alpha value is -2.34. The molecule has 5 atom stereocenters. The van der Waals surface area contributed by atoms with Crippen molar-refractivity contribution in [2.75, 3.05) is 25.6 Å². The van der Waals surface area contributed by atoms with Crippen molar-refractivity contribution in [3.63, 3.8) is 0 Å².